The summed E-state index contributed by atoms with van der Waals surface area (Å²) in [5.41, 5.74) is 1.000. The first-order chi connectivity index (χ1) is 14.5. The Kier molecular flexibility index (Phi) is 6.39. The van der Waals surface area contributed by atoms with Gasteiger partial charge in [-0.25, -0.2) is 0 Å². The molecular weight excluding hydrogens is 382 g/mol. The Hall–Kier alpha value is -2.38. The van der Waals surface area contributed by atoms with Gasteiger partial charge < -0.3 is 19.3 Å². The maximum Gasteiger partial charge on any atom is 0.258 e. The van der Waals surface area contributed by atoms with Gasteiger partial charge in [0.1, 0.15) is 5.75 Å². The van der Waals surface area contributed by atoms with E-state index in [1.165, 1.54) is 0 Å². The maximum absolute atomic E-state index is 12.3. The number of morpholine rings is 1. The molecule has 30 heavy (non-hydrogen) atoms. The average molecular weight is 414 g/mol. The van der Waals surface area contributed by atoms with E-state index in [1.807, 2.05) is 30.3 Å². The molecule has 1 aromatic heterocycles. The summed E-state index contributed by atoms with van der Waals surface area (Å²) in [6, 6.07) is 11.6. The summed E-state index contributed by atoms with van der Waals surface area (Å²) < 4.78 is 16.5. The molecule has 162 valence electrons. The lowest BCUT2D eigenvalue weighted by molar-refractivity contribution is -0.127. The van der Waals surface area contributed by atoms with Gasteiger partial charge in [-0.3, -0.25) is 9.69 Å². The summed E-state index contributed by atoms with van der Waals surface area (Å²) in [4.78, 5) is 14.6. The molecule has 1 saturated heterocycles. The van der Waals surface area contributed by atoms with Crippen molar-refractivity contribution in [1.82, 2.24) is 15.4 Å². The van der Waals surface area contributed by atoms with Gasteiger partial charge in [-0.2, -0.15) is 0 Å². The Morgan fingerprint density at radius 2 is 2.03 bits per heavy atom. The van der Waals surface area contributed by atoms with Crippen molar-refractivity contribution in [3.05, 3.63) is 47.9 Å². The van der Waals surface area contributed by atoms with Crippen molar-refractivity contribution in [2.75, 3.05) is 32.9 Å². The number of aromatic nitrogens is 1. The van der Waals surface area contributed by atoms with E-state index in [1.54, 1.807) is 0 Å². The molecule has 7 nitrogen and oxygen atoms in total. The van der Waals surface area contributed by atoms with Crippen molar-refractivity contribution in [3.63, 3.8) is 0 Å². The van der Waals surface area contributed by atoms with Crippen LogP contribution >= 0.6 is 0 Å². The second-order valence-electron chi connectivity index (χ2n) is 8.85. The molecule has 2 aliphatic rings. The van der Waals surface area contributed by atoms with Crippen molar-refractivity contribution in [3.8, 4) is 5.75 Å². The lowest BCUT2D eigenvalue weighted by atomic mass is 9.57. The number of hydrogen-bond donors (Lipinski definition) is 1. The van der Waals surface area contributed by atoms with Gasteiger partial charge in [0.2, 0.25) is 0 Å². The third-order valence-electron chi connectivity index (χ3n) is 6.47. The number of carbonyl (C=O) groups excluding carboxylic acids is 1. The number of nitrogens with one attached hydrogen (secondary N) is 1. The monoisotopic (exact) mass is 413 g/mol. The number of hydrogen-bond acceptors (Lipinski definition) is 6. The topological polar surface area (TPSA) is 76.8 Å². The molecule has 2 heterocycles. The van der Waals surface area contributed by atoms with Gasteiger partial charge in [0, 0.05) is 25.2 Å². The Labute approximate surface area is 177 Å². The van der Waals surface area contributed by atoms with E-state index in [2.05, 4.69) is 35.3 Å². The Balaban J connectivity index is 1.22. The van der Waals surface area contributed by atoms with Crippen LogP contribution in [0.5, 0.6) is 5.75 Å². The fraction of sp³-hybridized carbons (Fsp3) is 0.565. The van der Waals surface area contributed by atoms with Crippen LogP contribution in [0, 0.1) is 11.3 Å². The quantitative estimate of drug-likeness (QED) is 0.717. The molecule has 1 aliphatic heterocycles. The highest BCUT2D eigenvalue weighted by atomic mass is 16.5. The van der Waals surface area contributed by atoms with E-state index in [-0.39, 0.29) is 24.0 Å². The second-order valence-corrected chi connectivity index (χ2v) is 8.85. The minimum absolute atomic E-state index is 0.00568. The molecule has 1 aromatic carbocycles. The molecule has 1 aliphatic carbocycles. The van der Waals surface area contributed by atoms with E-state index < -0.39 is 0 Å². The summed E-state index contributed by atoms with van der Waals surface area (Å²) in [5, 5.41) is 7.40. The normalized spacial score (nSPS) is 23.5. The second kappa shape index (κ2) is 9.18. The molecule has 2 atom stereocenters. The lowest BCUT2D eigenvalue weighted by Crippen LogP contribution is -2.59. The highest BCUT2D eigenvalue weighted by molar-refractivity contribution is 5.78. The predicted molar refractivity (Wildman–Crippen MR) is 112 cm³/mol. The number of rotatable bonds is 8. The lowest BCUT2D eigenvalue weighted by Gasteiger charge is -2.52. The van der Waals surface area contributed by atoms with Crippen LogP contribution in [-0.2, 0) is 22.5 Å². The molecular formula is C23H31N3O4. The van der Waals surface area contributed by atoms with Crippen molar-refractivity contribution in [1.29, 1.82) is 0 Å². The molecule has 0 radical (unpaired) electrons. The standard InChI is InChI=1S/C23H31N3O4/c1-23(2)17(12-18-14-20(30-25-18)15-26-8-10-28-11-9-26)13-21(23)24-22(27)16-29-19-6-4-3-5-7-19/h3-7,14,17,21H,8-13,15-16H2,1-2H3,(H,24,27)/t17-,21+/m1/s1. The van der Waals surface area contributed by atoms with E-state index in [0.717, 1.165) is 57.1 Å². The largest absolute Gasteiger partial charge is 0.484 e. The fourth-order valence-electron chi connectivity index (χ4n) is 4.27. The zero-order valence-electron chi connectivity index (χ0n) is 17.8. The van der Waals surface area contributed by atoms with Gasteiger partial charge in [-0.1, -0.05) is 37.2 Å². The number of amides is 1. The summed E-state index contributed by atoms with van der Waals surface area (Å²) in [6.07, 6.45) is 1.81. The highest BCUT2D eigenvalue weighted by Crippen LogP contribution is 2.47. The van der Waals surface area contributed by atoms with Crippen LogP contribution in [0.4, 0.5) is 0 Å². The molecule has 7 heteroatoms. The summed E-state index contributed by atoms with van der Waals surface area (Å²) in [6.45, 7) is 8.65. The van der Waals surface area contributed by atoms with Gasteiger partial charge >= 0.3 is 0 Å². The van der Waals surface area contributed by atoms with Crippen molar-refractivity contribution in [2.24, 2.45) is 11.3 Å². The van der Waals surface area contributed by atoms with Crippen molar-refractivity contribution in [2.45, 2.75) is 39.3 Å². The first kappa shape index (κ1) is 20.9. The van der Waals surface area contributed by atoms with E-state index in [9.17, 15) is 4.79 Å². The van der Waals surface area contributed by atoms with Crippen molar-refractivity contribution >= 4 is 5.91 Å². The zero-order valence-corrected chi connectivity index (χ0v) is 17.8. The molecule has 1 saturated carbocycles. The Bertz CT molecular complexity index is 830. The summed E-state index contributed by atoms with van der Waals surface area (Å²) in [7, 11) is 0. The van der Waals surface area contributed by atoms with Crippen LogP contribution in [0.1, 0.15) is 31.7 Å². The minimum atomic E-state index is -0.0791. The third kappa shape index (κ3) is 5.02. The first-order valence-electron chi connectivity index (χ1n) is 10.7. The number of para-hydroxylation sites is 1. The van der Waals surface area contributed by atoms with E-state index in [0.29, 0.717) is 11.7 Å². The number of carbonyl (C=O) groups is 1. The third-order valence-corrected chi connectivity index (χ3v) is 6.47. The van der Waals surface area contributed by atoms with Crippen LogP contribution in [0.3, 0.4) is 0 Å². The maximum atomic E-state index is 12.3. The fourth-order valence-corrected chi connectivity index (χ4v) is 4.27. The number of ether oxygens (including phenoxy) is 2. The van der Waals surface area contributed by atoms with Gasteiger partial charge in [0.15, 0.2) is 12.4 Å². The Morgan fingerprint density at radius 3 is 2.77 bits per heavy atom. The van der Waals surface area contributed by atoms with Gasteiger partial charge in [-0.05, 0) is 36.3 Å². The number of nitrogens with zero attached hydrogens (tertiary/aromatic N) is 2. The Morgan fingerprint density at radius 1 is 1.27 bits per heavy atom. The van der Waals surface area contributed by atoms with Crippen LogP contribution in [0.2, 0.25) is 0 Å². The summed E-state index contributed by atoms with van der Waals surface area (Å²) in [5.74, 6) is 1.99. The molecule has 0 bridgehead atoms. The van der Waals surface area contributed by atoms with Gasteiger partial charge in [0.25, 0.3) is 5.91 Å². The van der Waals surface area contributed by atoms with Crippen LogP contribution in [-0.4, -0.2) is 54.9 Å². The SMILES string of the molecule is CC1(C)[C@H](Cc2cc(CN3CCOCC3)on2)C[C@@H]1NC(=O)COc1ccccc1. The number of benzene rings is 1. The molecule has 0 unspecified atom stereocenters. The van der Waals surface area contributed by atoms with E-state index in [4.69, 9.17) is 14.0 Å². The van der Waals surface area contributed by atoms with E-state index >= 15 is 0 Å². The summed E-state index contributed by atoms with van der Waals surface area (Å²) >= 11 is 0. The predicted octanol–water partition coefficient (Wildman–Crippen LogP) is 2.66. The minimum Gasteiger partial charge on any atom is -0.484 e. The van der Waals surface area contributed by atoms with Crippen LogP contribution < -0.4 is 10.1 Å². The molecule has 1 N–H and O–H groups in total. The van der Waals surface area contributed by atoms with Gasteiger partial charge in [-0.15, -0.1) is 0 Å². The van der Waals surface area contributed by atoms with Crippen LogP contribution in [0.25, 0.3) is 0 Å². The zero-order chi connectivity index (χ0) is 21.0. The highest BCUT2D eigenvalue weighted by Gasteiger charge is 2.48. The van der Waals surface area contributed by atoms with Crippen molar-refractivity contribution < 1.29 is 18.8 Å². The smallest absolute Gasteiger partial charge is 0.258 e. The molecule has 2 fully saturated rings. The molecule has 4 rings (SSSR count). The molecule has 2 aromatic rings. The first-order valence-corrected chi connectivity index (χ1v) is 10.7. The van der Waals surface area contributed by atoms with Gasteiger partial charge in [0.05, 0.1) is 25.5 Å². The molecule has 1 amide bonds. The van der Waals surface area contributed by atoms with Crippen LogP contribution in [0.15, 0.2) is 40.9 Å². The average Bonchev–Trinajstić information content (AvgIpc) is 3.20. The molecule has 0 spiro atoms.